The summed E-state index contributed by atoms with van der Waals surface area (Å²) in [5.74, 6) is -5.32. The Balaban J connectivity index is 0.00000495. The molecule has 316 valence electrons. The van der Waals surface area contributed by atoms with E-state index in [1.165, 1.54) is 27.9 Å². The van der Waals surface area contributed by atoms with Gasteiger partial charge in [0.25, 0.3) is 0 Å². The van der Waals surface area contributed by atoms with Gasteiger partial charge in [-0.25, -0.2) is 0 Å². The molecule has 0 radical (unpaired) electrons. The van der Waals surface area contributed by atoms with Crippen LogP contribution < -0.4 is 0 Å². The lowest BCUT2D eigenvalue weighted by atomic mass is 9.76. The second-order valence-corrected chi connectivity index (χ2v) is 16.5. The van der Waals surface area contributed by atoms with Crippen molar-refractivity contribution >= 4 is 11.8 Å². The van der Waals surface area contributed by atoms with Crippen LogP contribution in [0.1, 0.15) is 109 Å². The summed E-state index contributed by atoms with van der Waals surface area (Å²) in [6.45, 7) is 20.4. The van der Waals surface area contributed by atoms with E-state index in [9.17, 15) is 35.1 Å². The predicted octanol–water partition coefficient (Wildman–Crippen LogP) is 3.89. The molecule has 54 heavy (non-hydrogen) atoms. The van der Waals surface area contributed by atoms with Crippen molar-refractivity contribution in [2.75, 3.05) is 21.2 Å². The summed E-state index contributed by atoms with van der Waals surface area (Å²) in [6.07, 6.45) is -6.94. The van der Waals surface area contributed by atoms with Gasteiger partial charge >= 0.3 is 5.97 Å². The number of esters is 1. The molecule has 0 bridgehead atoms. The molecule has 17 atom stereocenters. The number of hydrogen-bond donors (Lipinski definition) is 5. The Morgan fingerprint density at radius 3 is 2.07 bits per heavy atom. The largest absolute Gasteiger partial charge is 0.512 e. The van der Waals surface area contributed by atoms with Crippen molar-refractivity contribution in [2.45, 2.75) is 187 Å². The van der Waals surface area contributed by atoms with Gasteiger partial charge < -0.3 is 58.9 Å². The number of aliphatic hydroxyl groups excluding tert-OH is 3. The van der Waals surface area contributed by atoms with Crippen molar-refractivity contribution in [2.24, 2.45) is 23.7 Å². The summed E-state index contributed by atoms with van der Waals surface area (Å²) >= 11 is 0. The van der Waals surface area contributed by atoms with Crippen LogP contribution in [0.3, 0.4) is 0 Å². The van der Waals surface area contributed by atoms with Crippen molar-refractivity contribution in [3.63, 3.8) is 0 Å². The SMILES string of the molecule is CC.CC[C@H]1OC(=O)[C@H](C)[C@@H](OC2C[C@@](C)(OC)[C@@H](O)[C@H](C)O2)[C@H](C)[C@@H](OC2OC(C)C[C@H](N(C)C)[C@H]2O)[C@@](C)(O)C[C@@H](C)C(=O)[C@H](C)C(O)=C[C@]1(C)O. The van der Waals surface area contributed by atoms with E-state index in [0.717, 1.165) is 6.08 Å². The number of carbonyl (C=O) groups is 2. The molecule has 5 N–H and O–H groups in total. The fourth-order valence-corrected chi connectivity index (χ4v) is 8.20. The minimum absolute atomic E-state index is 0.0915. The molecule has 0 aromatic rings. The number of rotatable bonds is 7. The van der Waals surface area contributed by atoms with E-state index in [2.05, 4.69) is 0 Å². The lowest BCUT2D eigenvalue weighted by Gasteiger charge is -2.48. The van der Waals surface area contributed by atoms with Gasteiger partial charge in [0, 0.05) is 31.4 Å². The maximum Gasteiger partial charge on any atom is 0.311 e. The highest BCUT2D eigenvalue weighted by Crippen LogP contribution is 2.40. The highest BCUT2D eigenvalue weighted by atomic mass is 16.7. The number of hydrogen-bond acceptors (Lipinski definition) is 14. The molecule has 0 aromatic carbocycles. The van der Waals surface area contributed by atoms with Gasteiger partial charge in [0.2, 0.25) is 0 Å². The van der Waals surface area contributed by atoms with E-state index < -0.39 is 107 Å². The Labute approximate surface area is 323 Å². The Hall–Kier alpha value is -1.72. The molecule has 3 aliphatic rings. The van der Waals surface area contributed by atoms with Crippen molar-refractivity contribution in [1.29, 1.82) is 0 Å². The molecular formula is C40H73NO13. The molecule has 14 nitrogen and oxygen atoms in total. The van der Waals surface area contributed by atoms with E-state index in [1.807, 2.05) is 39.8 Å². The van der Waals surface area contributed by atoms with Crippen molar-refractivity contribution in [3.8, 4) is 0 Å². The van der Waals surface area contributed by atoms with Gasteiger partial charge in [0.15, 0.2) is 12.6 Å². The van der Waals surface area contributed by atoms with E-state index in [1.54, 1.807) is 41.5 Å². The molecule has 3 heterocycles. The first-order valence-electron chi connectivity index (χ1n) is 19.7. The molecule has 3 aliphatic heterocycles. The van der Waals surface area contributed by atoms with Crippen LogP contribution in [0, 0.1) is 23.7 Å². The first-order valence-corrected chi connectivity index (χ1v) is 19.7. The normalized spacial score (nSPS) is 46.0. The van der Waals surface area contributed by atoms with Gasteiger partial charge in [-0.1, -0.05) is 34.6 Å². The predicted molar refractivity (Wildman–Crippen MR) is 202 cm³/mol. The fourth-order valence-electron chi connectivity index (χ4n) is 8.20. The number of aliphatic hydroxyl groups is 5. The summed E-state index contributed by atoms with van der Waals surface area (Å²) < 4.78 is 37.1. The van der Waals surface area contributed by atoms with Gasteiger partial charge in [0.1, 0.15) is 35.5 Å². The smallest absolute Gasteiger partial charge is 0.311 e. The Morgan fingerprint density at radius 1 is 0.944 bits per heavy atom. The topological polar surface area (TPSA) is 194 Å². The fraction of sp³-hybridized carbons (Fsp3) is 0.900. The summed E-state index contributed by atoms with van der Waals surface area (Å²) in [5, 5.41) is 57.3. The number of ketones is 1. The third-order valence-corrected chi connectivity index (χ3v) is 11.6. The van der Waals surface area contributed by atoms with Crippen LogP contribution in [0.4, 0.5) is 0 Å². The number of methoxy groups -OCH3 is 1. The van der Waals surface area contributed by atoms with E-state index in [4.69, 9.17) is 28.4 Å². The lowest BCUT2D eigenvalue weighted by molar-refractivity contribution is -0.317. The molecule has 0 spiro atoms. The zero-order chi connectivity index (χ0) is 41.7. The Bertz CT molecular complexity index is 1240. The molecule has 0 aliphatic carbocycles. The second kappa shape index (κ2) is 19.6. The highest BCUT2D eigenvalue weighted by molar-refractivity contribution is 5.85. The van der Waals surface area contributed by atoms with Gasteiger partial charge in [-0.15, -0.1) is 0 Å². The third kappa shape index (κ3) is 11.2. The second-order valence-electron chi connectivity index (χ2n) is 16.5. The average molecular weight is 776 g/mol. The number of cyclic esters (lactones) is 1. The zero-order valence-electron chi connectivity index (χ0n) is 35.4. The van der Waals surface area contributed by atoms with Gasteiger partial charge in [-0.3, -0.25) is 9.59 Å². The maximum absolute atomic E-state index is 14.1. The zero-order valence-corrected chi connectivity index (χ0v) is 35.4. The van der Waals surface area contributed by atoms with E-state index >= 15 is 0 Å². The van der Waals surface area contributed by atoms with Crippen LogP contribution in [0.15, 0.2) is 11.8 Å². The molecule has 3 unspecified atom stereocenters. The van der Waals surface area contributed by atoms with Crippen molar-refractivity contribution in [1.82, 2.24) is 4.90 Å². The number of carbonyl (C=O) groups excluding carboxylic acids is 2. The minimum Gasteiger partial charge on any atom is -0.512 e. The molecule has 3 rings (SSSR count). The van der Waals surface area contributed by atoms with Crippen LogP contribution in [0.5, 0.6) is 0 Å². The maximum atomic E-state index is 14.1. The molecule has 2 fully saturated rings. The lowest BCUT2D eigenvalue weighted by Crippen LogP contribution is -2.60. The summed E-state index contributed by atoms with van der Waals surface area (Å²) in [5.41, 5.74) is -4.70. The van der Waals surface area contributed by atoms with Crippen molar-refractivity contribution < 1.29 is 63.5 Å². The number of nitrogens with zero attached hydrogens (tertiary/aromatic N) is 1. The standard InChI is InChI=1S/C38H67NO13.C2H6/c1-14-27-36(8,45)17-26(40)21(4)29(41)19(2)16-37(9,46)33(52-35-30(42)25(39(11)12)15-20(3)48-35)22(5)31(23(6)34(44)50-27)51-28-18-38(10,47-13)32(43)24(7)49-28;1-2/h17,19-25,27-28,30-33,35,40,42-43,45-46H,14-16,18H2,1-13H3;1-2H3/t19-,20?,21-,22+,23-,24+,25+,27-,28?,30-,31+,32+,33-,35?,36+,37+,38-;/m1./s1. The Kier molecular flexibility index (Phi) is 17.6. The summed E-state index contributed by atoms with van der Waals surface area (Å²) in [6, 6.07) is -0.331. The van der Waals surface area contributed by atoms with Crippen LogP contribution >= 0.6 is 0 Å². The minimum atomic E-state index is -1.85. The number of ether oxygens (including phenoxy) is 6. The molecule has 2 saturated heterocycles. The van der Waals surface area contributed by atoms with Crippen LogP contribution in [0.2, 0.25) is 0 Å². The van der Waals surface area contributed by atoms with Crippen LogP contribution in [0.25, 0.3) is 0 Å². The van der Waals surface area contributed by atoms with Gasteiger partial charge in [-0.05, 0) is 87.9 Å². The summed E-state index contributed by atoms with van der Waals surface area (Å²) in [7, 11) is 5.17. The Morgan fingerprint density at radius 2 is 1.54 bits per heavy atom. The summed E-state index contributed by atoms with van der Waals surface area (Å²) in [4.78, 5) is 29.7. The third-order valence-electron chi connectivity index (χ3n) is 11.6. The highest BCUT2D eigenvalue weighted by Gasteiger charge is 2.52. The number of allylic oxidation sites excluding steroid dienone is 1. The average Bonchev–Trinajstić information content (AvgIpc) is 3.10. The molecule has 0 aromatic heterocycles. The number of likely N-dealkylation sites (N-methyl/N-ethyl adjacent to an activating group) is 1. The van der Waals surface area contributed by atoms with E-state index in [0.29, 0.717) is 6.42 Å². The molecule has 0 amide bonds. The molecular weight excluding hydrogens is 702 g/mol. The van der Waals surface area contributed by atoms with Gasteiger partial charge in [0.05, 0.1) is 47.5 Å². The van der Waals surface area contributed by atoms with Gasteiger partial charge in [-0.2, -0.15) is 0 Å². The van der Waals surface area contributed by atoms with E-state index in [-0.39, 0.29) is 31.4 Å². The number of Topliss-reactive ketones (excluding diaryl/α,β-unsaturated/α-hetero) is 1. The first-order chi connectivity index (χ1) is 24.9. The van der Waals surface area contributed by atoms with Crippen LogP contribution in [-0.2, 0) is 38.0 Å². The quantitative estimate of drug-likeness (QED) is 0.234. The monoisotopic (exact) mass is 776 g/mol. The van der Waals surface area contributed by atoms with Crippen molar-refractivity contribution in [3.05, 3.63) is 11.8 Å². The van der Waals surface area contributed by atoms with Crippen LogP contribution in [-0.4, -0.2) is 142 Å². The molecule has 0 saturated carbocycles. The first kappa shape index (κ1) is 48.4. The molecule has 14 heteroatoms.